The van der Waals surface area contributed by atoms with E-state index in [1.165, 1.54) is 0 Å². The Bertz CT molecular complexity index is 490. The lowest BCUT2D eigenvalue weighted by atomic mass is 10.1. The normalized spacial score (nSPS) is 11.3. The Balaban J connectivity index is 2.76. The van der Waals surface area contributed by atoms with Crippen LogP contribution in [0.25, 0.3) is 5.65 Å². The Morgan fingerprint density at radius 1 is 1.40 bits per heavy atom. The van der Waals surface area contributed by atoms with Crippen LogP contribution in [-0.4, -0.2) is 26.9 Å². The first-order valence-corrected chi connectivity index (χ1v) is 5.11. The van der Waals surface area contributed by atoms with E-state index in [4.69, 9.17) is 11.6 Å². The molecule has 0 amide bonds. The average molecular weight is 226 g/mol. The van der Waals surface area contributed by atoms with Crippen molar-refractivity contribution in [3.63, 3.8) is 0 Å². The number of hydrogen-bond donors (Lipinski definition) is 1. The molecule has 0 aliphatic rings. The summed E-state index contributed by atoms with van der Waals surface area (Å²) in [6.07, 6.45) is 0. The molecule has 15 heavy (non-hydrogen) atoms. The zero-order valence-corrected chi connectivity index (χ0v) is 9.58. The van der Waals surface area contributed by atoms with Gasteiger partial charge in [-0.25, -0.2) is 0 Å². The first kappa shape index (κ1) is 10.2. The maximum Gasteiger partial charge on any atom is 0.245 e. The van der Waals surface area contributed by atoms with Gasteiger partial charge in [0.25, 0.3) is 0 Å². The summed E-state index contributed by atoms with van der Waals surface area (Å²) >= 11 is 5.94. The fourth-order valence-electron chi connectivity index (χ4n) is 1.45. The van der Waals surface area contributed by atoms with Crippen molar-refractivity contribution < 1.29 is 0 Å². The van der Waals surface area contributed by atoms with Crippen LogP contribution in [0.3, 0.4) is 0 Å². The van der Waals surface area contributed by atoms with Gasteiger partial charge in [-0.2, -0.15) is 9.61 Å². The topological polar surface area (TPSA) is 55.1 Å². The highest BCUT2D eigenvalue weighted by atomic mass is 35.5. The standard InChI is InChI=1S/C9H12ClN5/c1-5(2)6-4-7(10)14-15-8(6)12-13-9(15)11-3/h4-5H,1-3H3,(H,11,13). The van der Waals surface area contributed by atoms with E-state index in [2.05, 4.69) is 34.5 Å². The predicted molar refractivity (Wildman–Crippen MR) is 59.4 cm³/mol. The van der Waals surface area contributed by atoms with Crippen molar-refractivity contribution >= 4 is 23.2 Å². The largest absolute Gasteiger partial charge is 0.356 e. The lowest BCUT2D eigenvalue weighted by molar-refractivity contribution is 0.837. The third-order valence-electron chi connectivity index (χ3n) is 2.21. The zero-order chi connectivity index (χ0) is 11.0. The van der Waals surface area contributed by atoms with E-state index in [1.807, 2.05) is 6.07 Å². The molecule has 0 aliphatic heterocycles. The second-order valence-corrected chi connectivity index (χ2v) is 3.97. The number of anilines is 1. The maximum atomic E-state index is 5.94. The molecule has 0 aliphatic carbocycles. The van der Waals surface area contributed by atoms with E-state index in [-0.39, 0.29) is 0 Å². The van der Waals surface area contributed by atoms with Crippen LogP contribution in [0.5, 0.6) is 0 Å². The van der Waals surface area contributed by atoms with Crippen molar-refractivity contribution in [3.8, 4) is 0 Å². The van der Waals surface area contributed by atoms with Gasteiger partial charge in [0.15, 0.2) is 10.8 Å². The molecule has 5 nitrogen and oxygen atoms in total. The first-order chi connectivity index (χ1) is 7.13. The summed E-state index contributed by atoms with van der Waals surface area (Å²) in [5.74, 6) is 0.927. The Hall–Kier alpha value is -1.36. The molecule has 2 aromatic rings. The molecule has 80 valence electrons. The van der Waals surface area contributed by atoms with E-state index < -0.39 is 0 Å². The molecular weight excluding hydrogens is 214 g/mol. The highest BCUT2D eigenvalue weighted by molar-refractivity contribution is 6.29. The van der Waals surface area contributed by atoms with Crippen LogP contribution in [0, 0.1) is 0 Å². The van der Waals surface area contributed by atoms with Gasteiger partial charge >= 0.3 is 0 Å². The summed E-state index contributed by atoms with van der Waals surface area (Å²) in [4.78, 5) is 0. The van der Waals surface area contributed by atoms with Crippen molar-refractivity contribution in [2.24, 2.45) is 0 Å². The first-order valence-electron chi connectivity index (χ1n) is 4.73. The van der Waals surface area contributed by atoms with Crippen molar-refractivity contribution in [3.05, 3.63) is 16.8 Å². The third-order valence-corrected chi connectivity index (χ3v) is 2.40. The number of halogens is 1. The van der Waals surface area contributed by atoms with E-state index in [0.717, 1.165) is 11.2 Å². The molecule has 0 radical (unpaired) electrons. The van der Waals surface area contributed by atoms with E-state index in [1.54, 1.807) is 11.6 Å². The number of nitrogens with zero attached hydrogens (tertiary/aromatic N) is 4. The van der Waals surface area contributed by atoms with Crippen molar-refractivity contribution in [1.82, 2.24) is 19.8 Å². The third kappa shape index (κ3) is 1.63. The van der Waals surface area contributed by atoms with Gasteiger partial charge in [0.05, 0.1) is 0 Å². The molecule has 0 spiro atoms. The highest BCUT2D eigenvalue weighted by Gasteiger charge is 2.13. The summed E-state index contributed by atoms with van der Waals surface area (Å²) in [6.45, 7) is 4.17. The lowest BCUT2D eigenvalue weighted by Crippen LogP contribution is -2.02. The van der Waals surface area contributed by atoms with Gasteiger partial charge in [-0.3, -0.25) is 0 Å². The summed E-state index contributed by atoms with van der Waals surface area (Å²) in [7, 11) is 1.77. The van der Waals surface area contributed by atoms with Crippen LogP contribution in [0.1, 0.15) is 25.3 Å². The van der Waals surface area contributed by atoms with Gasteiger partial charge in [-0.15, -0.1) is 10.2 Å². The Labute approximate surface area is 92.5 Å². The van der Waals surface area contributed by atoms with Gasteiger partial charge in [0.1, 0.15) is 0 Å². The van der Waals surface area contributed by atoms with Gasteiger partial charge in [0, 0.05) is 12.6 Å². The Morgan fingerprint density at radius 3 is 2.73 bits per heavy atom. The predicted octanol–water partition coefficient (Wildman–Crippen LogP) is 1.94. The molecule has 2 heterocycles. The van der Waals surface area contributed by atoms with Crippen LogP contribution in [0.15, 0.2) is 6.07 Å². The number of hydrogen-bond acceptors (Lipinski definition) is 4. The minimum Gasteiger partial charge on any atom is -0.356 e. The molecule has 0 unspecified atom stereocenters. The van der Waals surface area contributed by atoms with Crippen molar-refractivity contribution in [1.29, 1.82) is 0 Å². The van der Waals surface area contributed by atoms with Crippen LogP contribution in [0.2, 0.25) is 5.15 Å². The minimum absolute atomic E-state index is 0.335. The van der Waals surface area contributed by atoms with Crippen LogP contribution in [0.4, 0.5) is 5.95 Å². The molecule has 0 saturated heterocycles. The Kier molecular flexibility index (Phi) is 2.48. The second kappa shape index (κ2) is 3.66. The molecule has 0 atom stereocenters. The molecule has 0 fully saturated rings. The monoisotopic (exact) mass is 225 g/mol. The summed E-state index contributed by atoms with van der Waals surface area (Å²) in [6, 6.07) is 1.83. The molecule has 6 heteroatoms. The molecular formula is C9H12ClN5. The van der Waals surface area contributed by atoms with Gasteiger partial charge < -0.3 is 5.32 Å². The molecule has 1 N–H and O–H groups in total. The smallest absolute Gasteiger partial charge is 0.245 e. The molecule has 2 rings (SSSR count). The van der Waals surface area contributed by atoms with Crippen molar-refractivity contribution in [2.45, 2.75) is 19.8 Å². The highest BCUT2D eigenvalue weighted by Crippen LogP contribution is 2.22. The number of aromatic nitrogens is 4. The van der Waals surface area contributed by atoms with Crippen LogP contribution >= 0.6 is 11.6 Å². The van der Waals surface area contributed by atoms with Gasteiger partial charge in [-0.1, -0.05) is 25.4 Å². The van der Waals surface area contributed by atoms with Crippen molar-refractivity contribution in [2.75, 3.05) is 12.4 Å². The van der Waals surface area contributed by atoms with E-state index >= 15 is 0 Å². The minimum atomic E-state index is 0.335. The molecule has 0 saturated carbocycles. The number of rotatable bonds is 2. The quantitative estimate of drug-likeness (QED) is 0.849. The molecule has 2 aromatic heterocycles. The Morgan fingerprint density at radius 2 is 2.13 bits per heavy atom. The summed E-state index contributed by atoms with van der Waals surface area (Å²) in [5, 5.41) is 15.6. The summed E-state index contributed by atoms with van der Waals surface area (Å²) < 4.78 is 1.62. The van der Waals surface area contributed by atoms with Gasteiger partial charge in [0.2, 0.25) is 5.95 Å². The number of fused-ring (bicyclic) bond motifs is 1. The second-order valence-electron chi connectivity index (χ2n) is 3.59. The zero-order valence-electron chi connectivity index (χ0n) is 8.82. The average Bonchev–Trinajstić information content (AvgIpc) is 2.58. The molecule has 0 aromatic carbocycles. The fourth-order valence-corrected chi connectivity index (χ4v) is 1.65. The van der Waals surface area contributed by atoms with E-state index in [9.17, 15) is 0 Å². The SMILES string of the molecule is CNc1nnc2c(C(C)C)cc(Cl)nn12. The maximum absolute atomic E-state index is 5.94. The van der Waals surface area contributed by atoms with E-state index in [0.29, 0.717) is 17.0 Å². The van der Waals surface area contributed by atoms with Crippen LogP contribution < -0.4 is 5.32 Å². The van der Waals surface area contributed by atoms with Crippen LogP contribution in [-0.2, 0) is 0 Å². The molecule has 0 bridgehead atoms. The lowest BCUT2D eigenvalue weighted by Gasteiger charge is -2.06. The number of nitrogens with one attached hydrogen (secondary N) is 1. The summed E-state index contributed by atoms with van der Waals surface area (Å²) in [5.41, 5.74) is 1.79. The van der Waals surface area contributed by atoms with Gasteiger partial charge in [-0.05, 0) is 12.0 Å². The fraction of sp³-hybridized carbons (Fsp3) is 0.444.